The minimum atomic E-state index is -1.08. The van der Waals surface area contributed by atoms with Gasteiger partial charge in [0.1, 0.15) is 5.69 Å². The number of amides is 1. The number of benzene rings is 1. The number of hydrogen-bond donors (Lipinski definition) is 2. The van der Waals surface area contributed by atoms with Crippen molar-refractivity contribution >= 4 is 48.1 Å². The van der Waals surface area contributed by atoms with Crippen molar-refractivity contribution in [3.8, 4) is 0 Å². The minimum Gasteiger partial charge on any atom is -0.350 e. The number of fused-ring (bicyclic) bond motifs is 1. The van der Waals surface area contributed by atoms with Gasteiger partial charge in [-0.05, 0) is 31.5 Å². The third-order valence-corrected chi connectivity index (χ3v) is 5.92. The molecule has 3 nitrogen and oxygen atoms in total. The standard InChI is InChI=1S/C16H22Cl2N2OSi/c1-10(5-6-22(2,3)4)19-16(21)15-9-12-13(18)7-11(17)8-14(12)20-15/h7-10,20H,5-6H2,1-4H3,(H,19,21). The van der Waals surface area contributed by atoms with Crippen molar-refractivity contribution in [2.45, 2.75) is 45.1 Å². The first kappa shape index (κ1) is 17.4. The lowest BCUT2D eigenvalue weighted by Crippen LogP contribution is -2.34. The van der Waals surface area contributed by atoms with E-state index in [4.69, 9.17) is 23.2 Å². The smallest absolute Gasteiger partial charge is 0.267 e. The first-order valence-corrected chi connectivity index (χ1v) is 11.9. The van der Waals surface area contributed by atoms with Gasteiger partial charge in [-0.2, -0.15) is 0 Å². The molecule has 1 amide bonds. The van der Waals surface area contributed by atoms with Crippen LogP contribution in [0.3, 0.4) is 0 Å². The molecule has 1 atom stereocenters. The highest BCUT2D eigenvalue weighted by Gasteiger charge is 2.17. The second kappa shape index (κ2) is 6.65. The molecule has 0 radical (unpaired) electrons. The zero-order valence-corrected chi connectivity index (χ0v) is 15.9. The van der Waals surface area contributed by atoms with Gasteiger partial charge in [0.15, 0.2) is 0 Å². The van der Waals surface area contributed by atoms with Gasteiger partial charge in [-0.1, -0.05) is 48.9 Å². The van der Waals surface area contributed by atoms with E-state index in [1.54, 1.807) is 18.2 Å². The van der Waals surface area contributed by atoms with Gasteiger partial charge in [0.05, 0.1) is 5.02 Å². The lowest BCUT2D eigenvalue weighted by atomic mass is 10.2. The summed E-state index contributed by atoms with van der Waals surface area (Å²) in [6, 6.07) is 6.58. The molecule has 22 heavy (non-hydrogen) atoms. The molecule has 0 aliphatic rings. The zero-order chi connectivity index (χ0) is 16.5. The summed E-state index contributed by atoms with van der Waals surface area (Å²) in [5.74, 6) is -0.105. The van der Waals surface area contributed by atoms with Crippen molar-refractivity contribution in [2.75, 3.05) is 0 Å². The monoisotopic (exact) mass is 356 g/mol. The van der Waals surface area contributed by atoms with E-state index in [0.29, 0.717) is 15.7 Å². The van der Waals surface area contributed by atoms with Crippen LogP contribution in [-0.2, 0) is 0 Å². The Kier molecular flexibility index (Phi) is 5.25. The van der Waals surface area contributed by atoms with Gasteiger partial charge < -0.3 is 10.3 Å². The van der Waals surface area contributed by atoms with Gasteiger partial charge in [-0.15, -0.1) is 0 Å². The van der Waals surface area contributed by atoms with Crippen LogP contribution in [0.15, 0.2) is 18.2 Å². The molecule has 0 saturated carbocycles. The number of nitrogens with one attached hydrogen (secondary N) is 2. The molecule has 0 saturated heterocycles. The second-order valence-electron chi connectivity index (χ2n) is 7.01. The van der Waals surface area contributed by atoms with Crippen molar-refractivity contribution in [1.29, 1.82) is 0 Å². The molecule has 1 heterocycles. The van der Waals surface area contributed by atoms with E-state index < -0.39 is 8.07 Å². The number of rotatable bonds is 5. The highest BCUT2D eigenvalue weighted by Crippen LogP contribution is 2.28. The molecule has 6 heteroatoms. The van der Waals surface area contributed by atoms with Gasteiger partial charge in [-0.25, -0.2) is 0 Å². The van der Waals surface area contributed by atoms with Crippen LogP contribution in [0.2, 0.25) is 35.7 Å². The van der Waals surface area contributed by atoms with Crippen LogP contribution >= 0.6 is 23.2 Å². The Balaban J connectivity index is 2.08. The number of aromatic amines is 1. The quantitative estimate of drug-likeness (QED) is 0.699. The third-order valence-electron chi connectivity index (χ3n) is 3.60. The summed E-state index contributed by atoms with van der Waals surface area (Å²) < 4.78 is 0. The first-order valence-electron chi connectivity index (χ1n) is 7.44. The Labute approximate surface area is 142 Å². The molecule has 0 aliphatic heterocycles. The Morgan fingerprint density at radius 2 is 1.95 bits per heavy atom. The number of halogens is 2. The molecule has 0 fully saturated rings. The SMILES string of the molecule is CC(CC[Si](C)(C)C)NC(=O)c1cc2c(Cl)cc(Cl)cc2[nH]1. The van der Waals surface area contributed by atoms with E-state index in [9.17, 15) is 4.79 Å². The topological polar surface area (TPSA) is 44.9 Å². The van der Waals surface area contributed by atoms with E-state index >= 15 is 0 Å². The summed E-state index contributed by atoms with van der Waals surface area (Å²) in [5, 5.41) is 4.95. The van der Waals surface area contributed by atoms with Gasteiger partial charge >= 0.3 is 0 Å². The van der Waals surface area contributed by atoms with Gasteiger partial charge in [0.2, 0.25) is 0 Å². The van der Waals surface area contributed by atoms with Crippen LogP contribution in [0.5, 0.6) is 0 Å². The largest absolute Gasteiger partial charge is 0.350 e. The fourth-order valence-electron chi connectivity index (χ4n) is 2.31. The highest BCUT2D eigenvalue weighted by molar-refractivity contribution is 6.76. The fraction of sp³-hybridized carbons (Fsp3) is 0.438. The normalized spacial score (nSPS) is 13.4. The number of carbonyl (C=O) groups is 1. The van der Waals surface area contributed by atoms with E-state index in [1.807, 2.05) is 6.92 Å². The molecule has 2 N–H and O–H groups in total. The van der Waals surface area contributed by atoms with Crippen molar-refractivity contribution in [3.05, 3.63) is 33.9 Å². The lowest BCUT2D eigenvalue weighted by molar-refractivity contribution is 0.0935. The predicted molar refractivity (Wildman–Crippen MR) is 98.0 cm³/mol. The number of H-pyrrole nitrogens is 1. The maximum atomic E-state index is 12.3. The number of aromatic nitrogens is 1. The van der Waals surface area contributed by atoms with E-state index in [-0.39, 0.29) is 11.9 Å². The van der Waals surface area contributed by atoms with E-state index in [0.717, 1.165) is 17.3 Å². The molecule has 1 aromatic heterocycles. The van der Waals surface area contributed by atoms with Gasteiger partial charge in [-0.3, -0.25) is 4.79 Å². The van der Waals surface area contributed by atoms with Gasteiger partial charge in [0, 0.05) is 30.0 Å². The van der Waals surface area contributed by atoms with Crippen molar-refractivity contribution in [2.24, 2.45) is 0 Å². The molecular formula is C16H22Cl2N2OSi. The van der Waals surface area contributed by atoms with Crippen LogP contribution in [0.1, 0.15) is 23.8 Å². The molecule has 1 aromatic carbocycles. The fourth-order valence-corrected chi connectivity index (χ4v) is 4.15. The Morgan fingerprint density at radius 3 is 2.59 bits per heavy atom. The molecule has 0 aliphatic carbocycles. The van der Waals surface area contributed by atoms with E-state index in [1.165, 1.54) is 6.04 Å². The maximum Gasteiger partial charge on any atom is 0.267 e. The molecule has 2 aromatic rings. The molecule has 120 valence electrons. The van der Waals surface area contributed by atoms with Crippen LogP contribution in [0.4, 0.5) is 0 Å². The average molecular weight is 357 g/mol. The summed E-state index contributed by atoms with van der Waals surface area (Å²) >= 11 is 12.1. The van der Waals surface area contributed by atoms with Crippen LogP contribution in [-0.4, -0.2) is 25.0 Å². The summed E-state index contributed by atoms with van der Waals surface area (Å²) in [6.45, 7) is 9.06. The minimum absolute atomic E-state index is 0.105. The second-order valence-corrected chi connectivity index (χ2v) is 13.5. The summed E-state index contributed by atoms with van der Waals surface area (Å²) in [7, 11) is -1.08. The lowest BCUT2D eigenvalue weighted by Gasteiger charge is -2.19. The molecule has 0 bridgehead atoms. The summed E-state index contributed by atoms with van der Waals surface area (Å²) in [5.41, 5.74) is 1.29. The average Bonchev–Trinajstić information content (AvgIpc) is 2.79. The van der Waals surface area contributed by atoms with Crippen molar-refractivity contribution in [1.82, 2.24) is 10.3 Å². The van der Waals surface area contributed by atoms with Gasteiger partial charge in [0.25, 0.3) is 5.91 Å². The van der Waals surface area contributed by atoms with Crippen LogP contribution in [0.25, 0.3) is 10.9 Å². The maximum absolute atomic E-state index is 12.3. The highest BCUT2D eigenvalue weighted by atomic mass is 35.5. The number of carbonyl (C=O) groups excluding carboxylic acids is 1. The third kappa shape index (κ3) is 4.51. The Bertz CT molecular complexity index is 691. The van der Waals surface area contributed by atoms with Crippen molar-refractivity contribution in [3.63, 3.8) is 0 Å². The van der Waals surface area contributed by atoms with E-state index in [2.05, 4.69) is 29.9 Å². The molecule has 0 spiro atoms. The first-order chi connectivity index (χ1) is 10.2. The molecule has 1 unspecified atom stereocenters. The number of hydrogen-bond acceptors (Lipinski definition) is 1. The molecule has 2 rings (SSSR count). The summed E-state index contributed by atoms with van der Waals surface area (Å²) in [4.78, 5) is 15.4. The Morgan fingerprint density at radius 1 is 1.27 bits per heavy atom. The molecular weight excluding hydrogens is 335 g/mol. The Hall–Kier alpha value is -0.973. The van der Waals surface area contributed by atoms with Crippen molar-refractivity contribution < 1.29 is 4.79 Å². The zero-order valence-electron chi connectivity index (χ0n) is 13.4. The predicted octanol–water partition coefficient (Wildman–Crippen LogP) is 5.32. The van der Waals surface area contributed by atoms with Crippen LogP contribution < -0.4 is 5.32 Å². The van der Waals surface area contributed by atoms with Crippen LogP contribution in [0, 0.1) is 0 Å². The summed E-state index contributed by atoms with van der Waals surface area (Å²) in [6.07, 6.45) is 1.01.